The van der Waals surface area contributed by atoms with Crippen LogP contribution in [0.5, 0.6) is 11.5 Å². The van der Waals surface area contributed by atoms with Crippen LogP contribution in [0.25, 0.3) is 0 Å². The van der Waals surface area contributed by atoms with Crippen molar-refractivity contribution in [3.63, 3.8) is 0 Å². The number of hydrogen-bond donors (Lipinski definition) is 1. The number of rotatable bonds is 5. The fraction of sp³-hybridized carbons (Fsp3) is 0.667. The lowest BCUT2D eigenvalue weighted by Gasteiger charge is -2.34. The Morgan fingerprint density at radius 2 is 1.88 bits per heavy atom. The van der Waals surface area contributed by atoms with E-state index in [0.29, 0.717) is 16.5 Å². The highest BCUT2D eigenvalue weighted by molar-refractivity contribution is 6.33. The van der Waals surface area contributed by atoms with Gasteiger partial charge in [0, 0.05) is 6.54 Å². The highest BCUT2D eigenvalue weighted by atomic mass is 35.5. The van der Waals surface area contributed by atoms with E-state index >= 15 is 0 Å². The van der Waals surface area contributed by atoms with Crippen LogP contribution in [0.15, 0.2) is 12.1 Å². The summed E-state index contributed by atoms with van der Waals surface area (Å²) in [6.45, 7) is 5.62. The van der Waals surface area contributed by atoms with Gasteiger partial charge < -0.3 is 14.8 Å². The number of ether oxygens (including phenoxy) is 2. The summed E-state index contributed by atoms with van der Waals surface area (Å²) in [4.78, 5) is 2.51. The normalized spacial score (nSPS) is 22.2. The maximum atomic E-state index is 6.50. The topological polar surface area (TPSA) is 33.7 Å². The largest absolute Gasteiger partial charge is 0.493 e. The van der Waals surface area contributed by atoms with Crippen molar-refractivity contribution >= 4 is 24.0 Å². The van der Waals surface area contributed by atoms with E-state index in [0.717, 1.165) is 37.0 Å². The molecule has 24 heavy (non-hydrogen) atoms. The van der Waals surface area contributed by atoms with Crippen LogP contribution in [0.2, 0.25) is 5.02 Å². The summed E-state index contributed by atoms with van der Waals surface area (Å²) in [7, 11) is 3.27. The van der Waals surface area contributed by atoms with Crippen LogP contribution >= 0.6 is 24.0 Å². The highest BCUT2D eigenvalue weighted by Gasteiger charge is 2.28. The van der Waals surface area contributed by atoms with Crippen LogP contribution < -0.4 is 14.8 Å². The zero-order valence-electron chi connectivity index (χ0n) is 14.5. The van der Waals surface area contributed by atoms with Crippen LogP contribution in [0.4, 0.5) is 0 Å². The number of likely N-dealkylation sites (tertiary alicyclic amines) is 1. The highest BCUT2D eigenvalue weighted by Crippen LogP contribution is 2.38. The maximum absolute atomic E-state index is 6.50. The Hall–Kier alpha value is -0.680. The number of nitrogens with zero attached hydrogens (tertiary/aromatic N) is 1. The standard InChI is InChI=1S/C18H27ClN2O2.ClH/c1-22-16-4-3-15(17(19)18(16)23-2)12-21-9-6-13(7-10-21)14-5-8-20-11-14;/h3-4,13-14,20H,5-12H2,1-2H3;1H. The molecule has 3 rings (SSSR count). The smallest absolute Gasteiger partial charge is 0.179 e. The third-order valence-corrected chi connectivity index (χ3v) is 5.77. The average Bonchev–Trinajstić information content (AvgIpc) is 3.11. The van der Waals surface area contributed by atoms with Gasteiger partial charge in [-0.25, -0.2) is 0 Å². The van der Waals surface area contributed by atoms with Gasteiger partial charge in [0.25, 0.3) is 0 Å². The van der Waals surface area contributed by atoms with Crippen molar-refractivity contribution in [1.29, 1.82) is 0 Å². The second kappa shape index (κ2) is 9.14. The van der Waals surface area contributed by atoms with Gasteiger partial charge in [0.05, 0.1) is 19.2 Å². The monoisotopic (exact) mass is 374 g/mol. The van der Waals surface area contributed by atoms with E-state index in [1.54, 1.807) is 14.2 Å². The number of nitrogens with one attached hydrogen (secondary N) is 1. The van der Waals surface area contributed by atoms with Gasteiger partial charge in [-0.05, 0) is 68.9 Å². The van der Waals surface area contributed by atoms with Gasteiger partial charge in [0.1, 0.15) is 0 Å². The van der Waals surface area contributed by atoms with E-state index in [9.17, 15) is 0 Å². The van der Waals surface area contributed by atoms with E-state index in [1.807, 2.05) is 6.07 Å². The molecular formula is C18H28Cl2N2O2. The zero-order valence-corrected chi connectivity index (χ0v) is 16.1. The Morgan fingerprint density at radius 1 is 1.12 bits per heavy atom. The molecule has 1 unspecified atom stereocenters. The minimum Gasteiger partial charge on any atom is -0.493 e. The molecule has 2 fully saturated rings. The molecule has 0 saturated carbocycles. The molecule has 0 spiro atoms. The number of piperidine rings is 1. The summed E-state index contributed by atoms with van der Waals surface area (Å²) < 4.78 is 10.7. The summed E-state index contributed by atoms with van der Waals surface area (Å²) in [5, 5.41) is 4.17. The molecule has 1 atom stereocenters. The summed E-state index contributed by atoms with van der Waals surface area (Å²) >= 11 is 6.50. The number of hydrogen-bond acceptors (Lipinski definition) is 4. The molecular weight excluding hydrogens is 347 g/mol. The minimum absolute atomic E-state index is 0. The Bertz CT molecular complexity index is 528. The molecule has 1 N–H and O–H groups in total. The molecule has 6 heteroatoms. The fourth-order valence-electron chi connectivity index (χ4n) is 3.95. The van der Waals surface area contributed by atoms with Gasteiger partial charge in [0.2, 0.25) is 0 Å². The Morgan fingerprint density at radius 3 is 2.46 bits per heavy atom. The first kappa shape index (κ1) is 19.6. The predicted octanol–water partition coefficient (Wildman–Crippen LogP) is 3.60. The fourth-order valence-corrected chi connectivity index (χ4v) is 4.25. The van der Waals surface area contributed by atoms with Gasteiger partial charge in [-0.3, -0.25) is 4.90 Å². The lowest BCUT2D eigenvalue weighted by molar-refractivity contribution is 0.146. The van der Waals surface area contributed by atoms with Gasteiger partial charge in [-0.2, -0.15) is 0 Å². The third-order valence-electron chi connectivity index (χ3n) is 5.36. The molecule has 1 aromatic rings. The lowest BCUT2D eigenvalue weighted by atomic mass is 9.84. The summed E-state index contributed by atoms with van der Waals surface area (Å²) in [6.07, 6.45) is 3.96. The van der Waals surface area contributed by atoms with E-state index in [1.165, 1.54) is 32.4 Å². The molecule has 4 nitrogen and oxygen atoms in total. The first-order valence-electron chi connectivity index (χ1n) is 8.55. The molecule has 136 valence electrons. The molecule has 0 amide bonds. The van der Waals surface area contributed by atoms with Gasteiger partial charge >= 0.3 is 0 Å². The van der Waals surface area contributed by atoms with Crippen molar-refractivity contribution in [3.05, 3.63) is 22.7 Å². The molecule has 2 aliphatic rings. The molecule has 2 heterocycles. The SMILES string of the molecule is COc1ccc(CN2CCC(C3CCNC3)CC2)c(Cl)c1OC.Cl. The van der Waals surface area contributed by atoms with E-state index < -0.39 is 0 Å². The third kappa shape index (κ3) is 4.29. The number of halogens is 2. The van der Waals surface area contributed by atoms with Crippen molar-refractivity contribution in [2.45, 2.75) is 25.8 Å². The number of methoxy groups -OCH3 is 2. The van der Waals surface area contributed by atoms with Crippen molar-refractivity contribution < 1.29 is 9.47 Å². The minimum atomic E-state index is 0. The quantitative estimate of drug-likeness (QED) is 0.853. The molecule has 0 bridgehead atoms. The Labute approximate surface area is 156 Å². The summed E-state index contributed by atoms with van der Waals surface area (Å²) in [5.74, 6) is 3.11. The van der Waals surface area contributed by atoms with Crippen molar-refractivity contribution in [2.75, 3.05) is 40.4 Å². The second-order valence-electron chi connectivity index (χ2n) is 6.64. The van der Waals surface area contributed by atoms with Crippen molar-refractivity contribution in [3.8, 4) is 11.5 Å². The first-order chi connectivity index (χ1) is 11.2. The summed E-state index contributed by atoms with van der Waals surface area (Å²) in [6, 6.07) is 3.99. The molecule has 0 radical (unpaired) electrons. The van der Waals surface area contributed by atoms with Gasteiger partial charge in [-0.15, -0.1) is 12.4 Å². The molecule has 0 aliphatic carbocycles. The van der Waals surface area contributed by atoms with E-state index in [-0.39, 0.29) is 12.4 Å². The number of benzene rings is 1. The molecule has 2 aliphatic heterocycles. The molecule has 0 aromatic heterocycles. The average molecular weight is 375 g/mol. The van der Waals surface area contributed by atoms with Gasteiger partial charge in [-0.1, -0.05) is 17.7 Å². The van der Waals surface area contributed by atoms with E-state index in [4.69, 9.17) is 21.1 Å². The van der Waals surface area contributed by atoms with E-state index in [2.05, 4.69) is 16.3 Å². The van der Waals surface area contributed by atoms with Crippen LogP contribution in [0.3, 0.4) is 0 Å². The zero-order chi connectivity index (χ0) is 16.2. The Balaban J connectivity index is 0.00000208. The maximum Gasteiger partial charge on any atom is 0.179 e. The first-order valence-corrected chi connectivity index (χ1v) is 8.93. The van der Waals surface area contributed by atoms with Crippen molar-refractivity contribution in [2.24, 2.45) is 11.8 Å². The second-order valence-corrected chi connectivity index (χ2v) is 7.02. The van der Waals surface area contributed by atoms with Crippen LogP contribution in [0.1, 0.15) is 24.8 Å². The predicted molar refractivity (Wildman–Crippen MR) is 101 cm³/mol. The van der Waals surface area contributed by atoms with Crippen LogP contribution in [-0.2, 0) is 6.54 Å². The molecule has 1 aromatic carbocycles. The van der Waals surface area contributed by atoms with Crippen molar-refractivity contribution in [1.82, 2.24) is 10.2 Å². The Kier molecular flexibility index (Phi) is 7.48. The summed E-state index contributed by atoms with van der Waals surface area (Å²) in [5.41, 5.74) is 1.12. The lowest BCUT2D eigenvalue weighted by Crippen LogP contribution is -2.36. The molecule has 2 saturated heterocycles. The van der Waals surface area contributed by atoms with Gasteiger partial charge in [0.15, 0.2) is 11.5 Å². The van der Waals surface area contributed by atoms with Crippen LogP contribution in [-0.4, -0.2) is 45.3 Å². The van der Waals surface area contributed by atoms with Crippen LogP contribution in [0, 0.1) is 11.8 Å².